The van der Waals surface area contributed by atoms with Gasteiger partial charge in [-0.3, -0.25) is 9.59 Å². The minimum absolute atomic E-state index is 0.189. The molecule has 1 heterocycles. The van der Waals surface area contributed by atoms with Crippen LogP contribution in [-0.4, -0.2) is 39.4 Å². The Bertz CT molecular complexity index is 798. The van der Waals surface area contributed by atoms with E-state index < -0.39 is 0 Å². The van der Waals surface area contributed by atoms with Crippen LogP contribution in [0.3, 0.4) is 0 Å². The lowest BCUT2D eigenvalue weighted by molar-refractivity contribution is 0.0941. The van der Waals surface area contributed by atoms with Crippen LogP contribution >= 0.6 is 11.6 Å². The highest BCUT2D eigenvalue weighted by Crippen LogP contribution is 2.24. The lowest BCUT2D eigenvalue weighted by Gasteiger charge is -2.08. The van der Waals surface area contributed by atoms with Gasteiger partial charge < -0.3 is 10.6 Å². The summed E-state index contributed by atoms with van der Waals surface area (Å²) in [6.45, 7) is 4.15. The fourth-order valence-electron chi connectivity index (χ4n) is 2.33. The molecule has 1 aliphatic carbocycles. The van der Waals surface area contributed by atoms with Gasteiger partial charge in [0.25, 0.3) is 11.8 Å². The van der Waals surface area contributed by atoms with Gasteiger partial charge in [0.05, 0.1) is 16.4 Å². The number of nitrogens with one attached hydrogen (secondary N) is 2. The normalized spacial score (nSPS) is 13.6. The molecule has 2 amide bonds. The topological polar surface area (TPSA) is 88.9 Å². The van der Waals surface area contributed by atoms with E-state index in [0.29, 0.717) is 28.5 Å². The molecular formula is C16H18ClN5O2. The van der Waals surface area contributed by atoms with Crippen molar-refractivity contribution in [3.05, 3.63) is 40.2 Å². The highest BCUT2D eigenvalue weighted by molar-refractivity contribution is 6.32. The maximum absolute atomic E-state index is 12.1. The van der Waals surface area contributed by atoms with E-state index in [4.69, 9.17) is 11.6 Å². The average Bonchev–Trinajstić information content (AvgIpc) is 3.28. The third-order valence-corrected chi connectivity index (χ3v) is 4.10. The molecule has 24 heavy (non-hydrogen) atoms. The molecule has 0 atom stereocenters. The summed E-state index contributed by atoms with van der Waals surface area (Å²) in [5, 5.41) is 14.0. The summed E-state index contributed by atoms with van der Waals surface area (Å²) in [6, 6.07) is 5.18. The molecule has 0 bridgehead atoms. The number of nitrogens with zero attached hydrogens (tertiary/aromatic N) is 3. The first-order valence-corrected chi connectivity index (χ1v) is 8.20. The predicted molar refractivity (Wildman–Crippen MR) is 89.6 cm³/mol. The molecule has 7 nitrogen and oxygen atoms in total. The first-order valence-electron chi connectivity index (χ1n) is 7.82. The van der Waals surface area contributed by atoms with E-state index >= 15 is 0 Å². The smallest absolute Gasteiger partial charge is 0.273 e. The molecule has 1 aromatic heterocycles. The van der Waals surface area contributed by atoms with Crippen LogP contribution in [0.2, 0.25) is 5.02 Å². The average molecular weight is 348 g/mol. The van der Waals surface area contributed by atoms with Gasteiger partial charge in [0.1, 0.15) is 0 Å². The van der Waals surface area contributed by atoms with E-state index in [2.05, 4.69) is 20.9 Å². The Labute approximate surface area is 144 Å². The Morgan fingerprint density at radius 1 is 1.33 bits per heavy atom. The zero-order valence-electron chi connectivity index (χ0n) is 13.5. The number of benzene rings is 1. The van der Waals surface area contributed by atoms with Gasteiger partial charge in [0, 0.05) is 18.2 Å². The summed E-state index contributed by atoms with van der Waals surface area (Å²) < 4.78 is 1.51. The molecule has 8 heteroatoms. The molecule has 0 aliphatic heterocycles. The zero-order chi connectivity index (χ0) is 17.3. The van der Waals surface area contributed by atoms with Crippen LogP contribution in [0.25, 0.3) is 5.69 Å². The fourth-order valence-corrected chi connectivity index (χ4v) is 2.59. The second-order valence-corrected chi connectivity index (χ2v) is 6.12. The van der Waals surface area contributed by atoms with Gasteiger partial charge >= 0.3 is 0 Å². The van der Waals surface area contributed by atoms with Gasteiger partial charge in [0.15, 0.2) is 5.69 Å². The monoisotopic (exact) mass is 347 g/mol. The van der Waals surface area contributed by atoms with Gasteiger partial charge in [-0.15, -0.1) is 5.10 Å². The Hall–Kier alpha value is -2.41. The lowest BCUT2D eigenvalue weighted by Crippen LogP contribution is -2.26. The standard InChI is InChI=1S/C16H18ClN5O2/c1-3-18-15(23)10-4-7-13(12(17)8-10)22-9(2)14(20-21-22)16(24)19-11-5-6-11/h4,7-8,11H,3,5-6H2,1-2H3,(H,18,23)(H,19,24). The lowest BCUT2D eigenvalue weighted by atomic mass is 10.2. The van der Waals surface area contributed by atoms with Crippen LogP contribution in [0.5, 0.6) is 0 Å². The van der Waals surface area contributed by atoms with Crippen molar-refractivity contribution >= 4 is 23.4 Å². The van der Waals surface area contributed by atoms with Crippen LogP contribution in [-0.2, 0) is 0 Å². The van der Waals surface area contributed by atoms with Crippen LogP contribution in [0.4, 0.5) is 0 Å². The SMILES string of the molecule is CCNC(=O)c1ccc(-n2nnc(C(=O)NC3CC3)c2C)c(Cl)c1. The second kappa shape index (κ2) is 6.60. The molecule has 0 saturated heterocycles. The van der Waals surface area contributed by atoms with E-state index in [1.165, 1.54) is 4.68 Å². The second-order valence-electron chi connectivity index (χ2n) is 5.71. The molecule has 2 aromatic rings. The third kappa shape index (κ3) is 3.26. The minimum atomic E-state index is -0.226. The molecule has 3 rings (SSSR count). The van der Waals surface area contributed by atoms with Crippen molar-refractivity contribution < 1.29 is 9.59 Å². The van der Waals surface area contributed by atoms with Crippen LogP contribution in [0.1, 0.15) is 46.3 Å². The molecule has 1 saturated carbocycles. The molecule has 126 valence electrons. The zero-order valence-corrected chi connectivity index (χ0v) is 14.2. The van der Waals surface area contributed by atoms with E-state index in [1.807, 2.05) is 6.92 Å². The Morgan fingerprint density at radius 3 is 2.71 bits per heavy atom. The van der Waals surface area contributed by atoms with Crippen LogP contribution in [0, 0.1) is 6.92 Å². The van der Waals surface area contributed by atoms with Gasteiger partial charge in [0.2, 0.25) is 0 Å². The number of carbonyl (C=O) groups excluding carboxylic acids is 2. The molecule has 2 N–H and O–H groups in total. The van der Waals surface area contributed by atoms with Crippen molar-refractivity contribution in [1.29, 1.82) is 0 Å². The summed E-state index contributed by atoms with van der Waals surface area (Å²) in [4.78, 5) is 24.0. The van der Waals surface area contributed by atoms with Crippen molar-refractivity contribution in [2.75, 3.05) is 6.54 Å². The molecular weight excluding hydrogens is 330 g/mol. The quantitative estimate of drug-likeness (QED) is 0.864. The number of hydrogen-bond donors (Lipinski definition) is 2. The van der Waals surface area contributed by atoms with Gasteiger partial charge in [-0.05, 0) is 44.9 Å². The van der Waals surface area contributed by atoms with E-state index in [-0.39, 0.29) is 23.6 Å². The van der Waals surface area contributed by atoms with Gasteiger partial charge in [-0.2, -0.15) is 0 Å². The molecule has 1 aromatic carbocycles. The summed E-state index contributed by atoms with van der Waals surface area (Å²) in [5.74, 6) is -0.415. The summed E-state index contributed by atoms with van der Waals surface area (Å²) in [7, 11) is 0. The Balaban J connectivity index is 1.87. The summed E-state index contributed by atoms with van der Waals surface area (Å²) in [5.41, 5.74) is 1.92. The van der Waals surface area contributed by atoms with Crippen LogP contribution < -0.4 is 10.6 Å². The number of carbonyl (C=O) groups is 2. The Morgan fingerprint density at radius 2 is 2.08 bits per heavy atom. The molecule has 1 aliphatic rings. The highest BCUT2D eigenvalue weighted by atomic mass is 35.5. The van der Waals surface area contributed by atoms with Gasteiger partial charge in [-0.1, -0.05) is 16.8 Å². The largest absolute Gasteiger partial charge is 0.352 e. The number of amides is 2. The van der Waals surface area contributed by atoms with Crippen molar-refractivity contribution in [2.45, 2.75) is 32.7 Å². The maximum Gasteiger partial charge on any atom is 0.273 e. The summed E-state index contributed by atoms with van der Waals surface area (Å²) in [6.07, 6.45) is 2.01. The third-order valence-electron chi connectivity index (χ3n) is 3.80. The molecule has 0 radical (unpaired) electrons. The van der Waals surface area contributed by atoms with E-state index in [9.17, 15) is 9.59 Å². The van der Waals surface area contributed by atoms with E-state index in [1.54, 1.807) is 25.1 Å². The number of rotatable bonds is 5. The van der Waals surface area contributed by atoms with Gasteiger partial charge in [-0.25, -0.2) is 4.68 Å². The van der Waals surface area contributed by atoms with Crippen molar-refractivity contribution in [3.63, 3.8) is 0 Å². The number of halogens is 1. The predicted octanol–water partition coefficient (Wildman–Crippen LogP) is 1.87. The summed E-state index contributed by atoms with van der Waals surface area (Å²) >= 11 is 6.29. The van der Waals surface area contributed by atoms with Crippen molar-refractivity contribution in [2.24, 2.45) is 0 Å². The fraction of sp³-hybridized carbons (Fsp3) is 0.375. The first-order chi connectivity index (χ1) is 11.5. The van der Waals surface area contributed by atoms with Crippen LogP contribution in [0.15, 0.2) is 18.2 Å². The molecule has 0 spiro atoms. The first kappa shape index (κ1) is 16.4. The van der Waals surface area contributed by atoms with E-state index in [0.717, 1.165) is 12.8 Å². The molecule has 1 fully saturated rings. The molecule has 0 unspecified atom stereocenters. The number of hydrogen-bond acceptors (Lipinski definition) is 4. The maximum atomic E-state index is 12.1. The van der Waals surface area contributed by atoms with Crippen molar-refractivity contribution in [1.82, 2.24) is 25.6 Å². The minimum Gasteiger partial charge on any atom is -0.352 e. The van der Waals surface area contributed by atoms with Crippen molar-refractivity contribution in [3.8, 4) is 5.69 Å². The highest BCUT2D eigenvalue weighted by Gasteiger charge is 2.27. The number of aromatic nitrogens is 3. The Kier molecular flexibility index (Phi) is 4.53.